The van der Waals surface area contributed by atoms with Crippen molar-refractivity contribution in [2.75, 3.05) is 13.6 Å². The van der Waals surface area contributed by atoms with Gasteiger partial charge in [-0.15, -0.1) is 0 Å². The molecular formula is C12H13ClFNO3S. The number of carbonyl (C=O) groups excluding carboxylic acids is 1. The number of benzene rings is 1. The van der Waals surface area contributed by atoms with Gasteiger partial charge in [0.1, 0.15) is 5.82 Å². The third-order valence-corrected chi connectivity index (χ3v) is 4.31. The van der Waals surface area contributed by atoms with E-state index in [1.54, 1.807) is 7.05 Å². The summed E-state index contributed by atoms with van der Waals surface area (Å²) in [5.74, 6) is -0.711. The van der Waals surface area contributed by atoms with Crippen molar-refractivity contribution < 1.29 is 17.6 Å². The van der Waals surface area contributed by atoms with E-state index in [1.807, 2.05) is 0 Å². The van der Waals surface area contributed by atoms with Gasteiger partial charge < -0.3 is 4.90 Å². The molecular weight excluding hydrogens is 293 g/mol. The van der Waals surface area contributed by atoms with Crippen LogP contribution >= 0.6 is 10.7 Å². The van der Waals surface area contributed by atoms with E-state index in [-0.39, 0.29) is 5.56 Å². The minimum atomic E-state index is -4.06. The van der Waals surface area contributed by atoms with Crippen LogP contribution in [0, 0.1) is 11.7 Å². The Morgan fingerprint density at radius 3 is 2.58 bits per heavy atom. The Bertz CT molecular complexity index is 613. The fraction of sp³-hybridized carbons (Fsp3) is 0.417. The molecule has 104 valence electrons. The molecule has 0 aliphatic heterocycles. The average Bonchev–Trinajstić information content (AvgIpc) is 3.09. The molecule has 1 aromatic rings. The summed E-state index contributed by atoms with van der Waals surface area (Å²) in [6.45, 7) is 0.596. The molecule has 0 N–H and O–H groups in total. The summed E-state index contributed by atoms with van der Waals surface area (Å²) >= 11 is 0. The van der Waals surface area contributed by atoms with Gasteiger partial charge in [0.15, 0.2) is 0 Å². The molecule has 0 heterocycles. The van der Waals surface area contributed by atoms with Crippen molar-refractivity contribution in [1.29, 1.82) is 0 Å². The predicted molar refractivity (Wildman–Crippen MR) is 69.1 cm³/mol. The molecule has 0 spiro atoms. The van der Waals surface area contributed by atoms with Gasteiger partial charge >= 0.3 is 0 Å². The zero-order chi connectivity index (χ0) is 14.2. The van der Waals surface area contributed by atoms with Gasteiger partial charge in [-0.05, 0) is 37.0 Å². The number of halogens is 2. The summed E-state index contributed by atoms with van der Waals surface area (Å²) in [5, 5.41) is 0. The summed E-state index contributed by atoms with van der Waals surface area (Å²) < 4.78 is 35.7. The standard InChI is InChI=1S/C12H13ClFNO3S/c1-15(7-8-2-3-8)12(16)9-4-10(14)6-11(5-9)19(13,17)18/h4-6,8H,2-3,7H2,1H3. The fourth-order valence-electron chi connectivity index (χ4n) is 1.82. The van der Waals surface area contributed by atoms with Crippen LogP contribution in [-0.2, 0) is 9.05 Å². The van der Waals surface area contributed by atoms with Crippen LogP contribution in [0.15, 0.2) is 23.1 Å². The summed E-state index contributed by atoms with van der Waals surface area (Å²) in [4.78, 5) is 13.1. The lowest BCUT2D eigenvalue weighted by Crippen LogP contribution is -2.28. The number of carbonyl (C=O) groups is 1. The van der Waals surface area contributed by atoms with Crippen LogP contribution in [-0.4, -0.2) is 32.8 Å². The number of amides is 1. The minimum absolute atomic E-state index is 0.0117. The van der Waals surface area contributed by atoms with Crippen molar-refractivity contribution in [1.82, 2.24) is 4.90 Å². The van der Waals surface area contributed by atoms with Gasteiger partial charge in [-0.3, -0.25) is 4.79 Å². The highest BCUT2D eigenvalue weighted by atomic mass is 35.7. The Labute approximate surface area is 115 Å². The van der Waals surface area contributed by atoms with E-state index >= 15 is 0 Å². The van der Waals surface area contributed by atoms with E-state index in [9.17, 15) is 17.6 Å². The second-order valence-electron chi connectivity index (χ2n) is 4.74. The van der Waals surface area contributed by atoms with Gasteiger partial charge in [0.05, 0.1) is 4.90 Å². The Kier molecular flexibility index (Phi) is 3.82. The lowest BCUT2D eigenvalue weighted by Gasteiger charge is -2.17. The van der Waals surface area contributed by atoms with Gasteiger partial charge in [-0.25, -0.2) is 12.8 Å². The van der Waals surface area contributed by atoms with Crippen LogP contribution in [0.1, 0.15) is 23.2 Å². The van der Waals surface area contributed by atoms with Crippen LogP contribution < -0.4 is 0 Å². The maximum atomic E-state index is 13.4. The fourth-order valence-corrected chi connectivity index (χ4v) is 2.61. The van der Waals surface area contributed by atoms with Crippen LogP contribution in [0.25, 0.3) is 0 Å². The highest BCUT2D eigenvalue weighted by molar-refractivity contribution is 8.13. The monoisotopic (exact) mass is 305 g/mol. The molecule has 1 aliphatic carbocycles. The first kappa shape index (κ1) is 14.3. The molecule has 1 aliphatic rings. The molecule has 0 bridgehead atoms. The highest BCUT2D eigenvalue weighted by Crippen LogP contribution is 2.29. The molecule has 0 atom stereocenters. The molecule has 1 saturated carbocycles. The van der Waals surface area contributed by atoms with Gasteiger partial charge in [-0.2, -0.15) is 0 Å². The zero-order valence-electron chi connectivity index (χ0n) is 10.3. The number of rotatable bonds is 4. The molecule has 0 aromatic heterocycles. The number of hydrogen-bond acceptors (Lipinski definition) is 3. The second-order valence-corrected chi connectivity index (χ2v) is 7.31. The van der Waals surface area contributed by atoms with E-state index in [4.69, 9.17) is 10.7 Å². The van der Waals surface area contributed by atoms with E-state index in [0.717, 1.165) is 31.0 Å². The summed E-state index contributed by atoms with van der Waals surface area (Å²) in [7, 11) is 2.72. The molecule has 1 aromatic carbocycles. The summed E-state index contributed by atoms with van der Waals surface area (Å²) in [5.41, 5.74) is -0.0117. The maximum Gasteiger partial charge on any atom is 0.261 e. The molecule has 1 fully saturated rings. The van der Waals surface area contributed by atoms with E-state index in [1.165, 1.54) is 4.90 Å². The first-order valence-corrected chi connectivity index (χ1v) is 8.09. The van der Waals surface area contributed by atoms with Crippen molar-refractivity contribution in [3.05, 3.63) is 29.6 Å². The Hall–Kier alpha value is -1.14. The first-order chi connectivity index (χ1) is 8.77. The Morgan fingerprint density at radius 2 is 2.05 bits per heavy atom. The van der Waals surface area contributed by atoms with Crippen LogP contribution in [0.3, 0.4) is 0 Å². The predicted octanol–water partition coefficient (Wildman–Crippen LogP) is 2.24. The Balaban J connectivity index is 2.28. The van der Waals surface area contributed by atoms with E-state index in [0.29, 0.717) is 12.5 Å². The third-order valence-electron chi connectivity index (χ3n) is 2.98. The molecule has 19 heavy (non-hydrogen) atoms. The minimum Gasteiger partial charge on any atom is -0.341 e. The lowest BCUT2D eigenvalue weighted by atomic mass is 10.2. The van der Waals surface area contributed by atoms with Crippen LogP contribution in [0.4, 0.5) is 4.39 Å². The van der Waals surface area contributed by atoms with Gasteiger partial charge in [-0.1, -0.05) is 0 Å². The SMILES string of the molecule is CN(CC1CC1)C(=O)c1cc(F)cc(S(=O)(=O)Cl)c1. The molecule has 2 rings (SSSR count). The van der Waals surface area contributed by atoms with Crippen molar-refractivity contribution >= 4 is 25.6 Å². The summed E-state index contributed by atoms with van der Waals surface area (Å²) in [6.07, 6.45) is 2.17. The molecule has 0 unspecified atom stereocenters. The van der Waals surface area contributed by atoms with Crippen molar-refractivity contribution in [2.45, 2.75) is 17.7 Å². The van der Waals surface area contributed by atoms with Gasteiger partial charge in [0.2, 0.25) is 0 Å². The molecule has 1 amide bonds. The van der Waals surface area contributed by atoms with Crippen molar-refractivity contribution in [2.24, 2.45) is 5.92 Å². The van der Waals surface area contributed by atoms with Crippen LogP contribution in [0.5, 0.6) is 0 Å². The zero-order valence-corrected chi connectivity index (χ0v) is 11.8. The largest absolute Gasteiger partial charge is 0.341 e. The van der Waals surface area contributed by atoms with E-state index < -0.39 is 25.7 Å². The van der Waals surface area contributed by atoms with Gasteiger partial charge in [0.25, 0.3) is 15.0 Å². The molecule has 7 heteroatoms. The first-order valence-electron chi connectivity index (χ1n) is 5.78. The quantitative estimate of drug-likeness (QED) is 0.802. The van der Waals surface area contributed by atoms with Crippen LogP contribution in [0.2, 0.25) is 0 Å². The summed E-state index contributed by atoms with van der Waals surface area (Å²) in [6, 6.07) is 2.90. The van der Waals surface area contributed by atoms with E-state index in [2.05, 4.69) is 0 Å². The van der Waals surface area contributed by atoms with Crippen molar-refractivity contribution in [3.63, 3.8) is 0 Å². The third kappa shape index (κ3) is 3.67. The molecule has 0 saturated heterocycles. The second kappa shape index (κ2) is 5.09. The molecule has 4 nitrogen and oxygen atoms in total. The average molecular weight is 306 g/mol. The lowest BCUT2D eigenvalue weighted by molar-refractivity contribution is 0.0788. The van der Waals surface area contributed by atoms with Gasteiger partial charge in [0, 0.05) is 29.8 Å². The van der Waals surface area contributed by atoms with Crippen molar-refractivity contribution in [3.8, 4) is 0 Å². The maximum absolute atomic E-state index is 13.4. The molecule has 0 radical (unpaired) electrons. The normalized spacial score (nSPS) is 15.3. The Morgan fingerprint density at radius 1 is 1.42 bits per heavy atom. The highest BCUT2D eigenvalue weighted by Gasteiger charge is 2.26. The topological polar surface area (TPSA) is 54.5 Å². The number of hydrogen-bond donors (Lipinski definition) is 0. The smallest absolute Gasteiger partial charge is 0.261 e. The number of nitrogens with zero attached hydrogens (tertiary/aromatic N) is 1.